The average Bonchev–Trinajstić information content (AvgIpc) is 3.26. The van der Waals surface area contributed by atoms with Gasteiger partial charge < -0.3 is 19.5 Å². The quantitative estimate of drug-likeness (QED) is 0.808. The smallest absolute Gasteiger partial charge is 0.225 e. The lowest BCUT2D eigenvalue weighted by molar-refractivity contribution is -0.122. The molecule has 1 amide bonds. The fourth-order valence-corrected chi connectivity index (χ4v) is 5.10. The first kappa shape index (κ1) is 19.5. The summed E-state index contributed by atoms with van der Waals surface area (Å²) >= 11 is 1.65. The average molecular weight is 413 g/mol. The Hall–Kier alpha value is -2.80. The molecule has 1 N–H and O–H groups in total. The second-order valence-corrected chi connectivity index (χ2v) is 8.18. The van der Waals surface area contributed by atoms with Crippen molar-refractivity contribution in [2.24, 2.45) is 0 Å². The highest BCUT2D eigenvalue weighted by Gasteiger charge is 2.39. The van der Waals surface area contributed by atoms with E-state index in [0.717, 1.165) is 11.3 Å². The maximum atomic E-state index is 13.2. The van der Waals surface area contributed by atoms with E-state index in [-0.39, 0.29) is 29.9 Å². The molecule has 1 aromatic carbocycles. The Bertz CT molecular complexity index is 954. The lowest BCUT2D eigenvalue weighted by Gasteiger charge is -2.34. The summed E-state index contributed by atoms with van der Waals surface area (Å²) in [6.07, 6.45) is 1.33. The van der Waals surface area contributed by atoms with Gasteiger partial charge in [-0.3, -0.25) is 9.59 Å². The van der Waals surface area contributed by atoms with Gasteiger partial charge in [-0.15, -0.1) is 11.3 Å². The molecule has 0 saturated heterocycles. The third-order valence-electron chi connectivity index (χ3n) is 5.57. The Kier molecular flexibility index (Phi) is 5.32. The fraction of sp³-hybridized carbons (Fsp3) is 0.364. The summed E-state index contributed by atoms with van der Waals surface area (Å²) in [5, 5.41) is 4.97. The highest BCUT2D eigenvalue weighted by Crippen LogP contribution is 2.46. The molecule has 7 heteroatoms. The molecule has 2 aromatic rings. The molecule has 1 aliphatic carbocycles. The van der Waals surface area contributed by atoms with E-state index in [1.807, 2.05) is 23.6 Å². The number of ketones is 1. The van der Waals surface area contributed by atoms with Crippen LogP contribution in [0.4, 0.5) is 0 Å². The van der Waals surface area contributed by atoms with E-state index in [1.54, 1.807) is 32.7 Å². The molecule has 0 bridgehead atoms. The van der Waals surface area contributed by atoms with E-state index < -0.39 is 0 Å². The van der Waals surface area contributed by atoms with Crippen molar-refractivity contribution in [2.45, 2.75) is 31.1 Å². The van der Waals surface area contributed by atoms with Gasteiger partial charge in [0.05, 0.1) is 21.3 Å². The zero-order chi connectivity index (χ0) is 20.5. The molecule has 6 nitrogen and oxygen atoms in total. The highest BCUT2D eigenvalue weighted by atomic mass is 32.1. The van der Waals surface area contributed by atoms with Gasteiger partial charge in [0.1, 0.15) is 0 Å². The molecule has 2 aliphatic rings. The number of amides is 1. The van der Waals surface area contributed by atoms with Gasteiger partial charge in [0.15, 0.2) is 17.3 Å². The maximum absolute atomic E-state index is 13.2. The zero-order valence-corrected chi connectivity index (χ0v) is 17.4. The van der Waals surface area contributed by atoms with Crippen LogP contribution in [0.5, 0.6) is 17.2 Å². The van der Waals surface area contributed by atoms with Crippen molar-refractivity contribution in [2.75, 3.05) is 21.3 Å². The first-order valence-corrected chi connectivity index (χ1v) is 10.3. The Morgan fingerprint density at radius 1 is 1.00 bits per heavy atom. The molecule has 2 atom stereocenters. The SMILES string of the molecule is COc1cc([C@H]2CC(=O)NC3=C2C(=O)C[C@@H](c2cccs2)C3)cc(OC)c1OC. The Morgan fingerprint density at radius 3 is 2.31 bits per heavy atom. The first-order chi connectivity index (χ1) is 14.0. The van der Waals surface area contributed by atoms with Gasteiger partial charge >= 0.3 is 0 Å². The summed E-state index contributed by atoms with van der Waals surface area (Å²) in [6.45, 7) is 0. The van der Waals surface area contributed by atoms with Gasteiger partial charge in [-0.1, -0.05) is 6.07 Å². The van der Waals surface area contributed by atoms with Crippen LogP contribution in [-0.4, -0.2) is 33.0 Å². The summed E-state index contributed by atoms with van der Waals surface area (Å²) < 4.78 is 16.3. The number of Topliss-reactive ketones (excluding diaryl/α,β-unsaturated/α-hetero) is 1. The number of hydrogen-bond donors (Lipinski definition) is 1. The Balaban J connectivity index is 1.77. The molecule has 0 spiro atoms. The third-order valence-corrected chi connectivity index (χ3v) is 6.61. The van der Waals surface area contributed by atoms with Gasteiger partial charge in [-0.05, 0) is 35.6 Å². The van der Waals surface area contributed by atoms with E-state index in [1.165, 1.54) is 4.88 Å². The Labute approximate surface area is 173 Å². The number of rotatable bonds is 5. The van der Waals surface area contributed by atoms with Gasteiger partial charge in [0, 0.05) is 40.8 Å². The number of nitrogens with one attached hydrogen (secondary N) is 1. The molecular formula is C22H23NO5S. The summed E-state index contributed by atoms with van der Waals surface area (Å²) in [4.78, 5) is 26.8. The molecule has 2 heterocycles. The van der Waals surface area contributed by atoms with Crippen molar-refractivity contribution in [1.82, 2.24) is 5.32 Å². The number of carbonyl (C=O) groups is 2. The molecule has 0 radical (unpaired) electrons. The van der Waals surface area contributed by atoms with Crippen molar-refractivity contribution < 1.29 is 23.8 Å². The first-order valence-electron chi connectivity index (χ1n) is 9.45. The minimum Gasteiger partial charge on any atom is -0.493 e. The van der Waals surface area contributed by atoms with Crippen LogP contribution in [0.1, 0.15) is 41.5 Å². The van der Waals surface area contributed by atoms with E-state index >= 15 is 0 Å². The van der Waals surface area contributed by atoms with Crippen molar-refractivity contribution in [1.29, 1.82) is 0 Å². The summed E-state index contributed by atoms with van der Waals surface area (Å²) in [5.41, 5.74) is 2.26. The lowest BCUT2D eigenvalue weighted by atomic mass is 9.74. The predicted molar refractivity (Wildman–Crippen MR) is 110 cm³/mol. The van der Waals surface area contributed by atoms with Crippen molar-refractivity contribution >= 4 is 23.0 Å². The number of thiophene rings is 1. The van der Waals surface area contributed by atoms with Gasteiger partial charge in [-0.2, -0.15) is 0 Å². The molecular weight excluding hydrogens is 390 g/mol. The number of carbonyl (C=O) groups excluding carboxylic acids is 2. The topological polar surface area (TPSA) is 73.9 Å². The molecule has 0 fully saturated rings. The summed E-state index contributed by atoms with van der Waals surface area (Å²) in [7, 11) is 4.65. The van der Waals surface area contributed by atoms with Crippen LogP contribution in [0, 0.1) is 0 Å². The standard InChI is InChI=1S/C22H23NO5S/c1-26-17-9-12(10-18(27-2)22(17)28-3)14-11-20(25)23-15-7-13(8-16(24)21(14)15)19-5-4-6-29-19/h4-6,9-10,13-14H,7-8,11H2,1-3H3,(H,23,25)/t13-,14+/m0/s1. The number of methoxy groups -OCH3 is 3. The normalized spacial score (nSPS) is 21.5. The van der Waals surface area contributed by atoms with Crippen molar-refractivity contribution in [3.8, 4) is 17.2 Å². The fourth-order valence-electron chi connectivity index (χ4n) is 4.27. The van der Waals surface area contributed by atoms with E-state index in [9.17, 15) is 9.59 Å². The van der Waals surface area contributed by atoms with E-state index in [2.05, 4.69) is 11.4 Å². The van der Waals surface area contributed by atoms with Gasteiger partial charge in [-0.25, -0.2) is 0 Å². The number of hydrogen-bond acceptors (Lipinski definition) is 6. The summed E-state index contributed by atoms with van der Waals surface area (Å²) in [5.74, 6) is 1.29. The number of ether oxygens (including phenoxy) is 3. The second kappa shape index (κ2) is 7.91. The maximum Gasteiger partial charge on any atom is 0.225 e. The van der Waals surface area contributed by atoms with Gasteiger partial charge in [0.25, 0.3) is 0 Å². The molecule has 0 saturated carbocycles. The van der Waals surface area contributed by atoms with Crippen LogP contribution < -0.4 is 19.5 Å². The van der Waals surface area contributed by atoms with Crippen LogP contribution in [0.25, 0.3) is 0 Å². The zero-order valence-electron chi connectivity index (χ0n) is 16.6. The van der Waals surface area contributed by atoms with Crippen LogP contribution >= 0.6 is 11.3 Å². The Morgan fingerprint density at radius 2 is 1.72 bits per heavy atom. The minimum atomic E-state index is -0.329. The van der Waals surface area contributed by atoms with Gasteiger partial charge in [0.2, 0.25) is 11.7 Å². The number of benzene rings is 1. The van der Waals surface area contributed by atoms with Crippen molar-refractivity contribution in [3.63, 3.8) is 0 Å². The van der Waals surface area contributed by atoms with Crippen LogP contribution in [0.2, 0.25) is 0 Å². The monoisotopic (exact) mass is 413 g/mol. The van der Waals surface area contributed by atoms with Crippen molar-refractivity contribution in [3.05, 3.63) is 51.4 Å². The molecule has 152 valence electrons. The minimum absolute atomic E-state index is 0.0814. The third kappa shape index (κ3) is 3.51. The lowest BCUT2D eigenvalue weighted by Crippen LogP contribution is -2.38. The van der Waals surface area contributed by atoms with Crippen LogP contribution in [-0.2, 0) is 9.59 Å². The highest BCUT2D eigenvalue weighted by molar-refractivity contribution is 7.10. The van der Waals surface area contributed by atoms with E-state index in [0.29, 0.717) is 35.7 Å². The van der Waals surface area contributed by atoms with E-state index in [4.69, 9.17) is 14.2 Å². The molecule has 0 unspecified atom stereocenters. The predicted octanol–water partition coefficient (Wildman–Crippen LogP) is 3.78. The summed E-state index contributed by atoms with van der Waals surface area (Å²) in [6, 6.07) is 7.70. The largest absolute Gasteiger partial charge is 0.493 e. The van der Waals surface area contributed by atoms with Crippen LogP contribution in [0.3, 0.4) is 0 Å². The number of allylic oxidation sites excluding steroid dienone is 2. The second-order valence-electron chi connectivity index (χ2n) is 7.20. The molecule has 1 aliphatic heterocycles. The van der Waals surface area contributed by atoms with Crippen LogP contribution in [0.15, 0.2) is 40.9 Å². The molecule has 4 rings (SSSR count). The molecule has 29 heavy (non-hydrogen) atoms. The molecule has 1 aromatic heterocycles.